The fourth-order valence-electron chi connectivity index (χ4n) is 2.04. The maximum Gasteiger partial charge on any atom is 0.244 e. The number of rotatable bonds is 1. The van der Waals surface area contributed by atoms with Gasteiger partial charge in [0.25, 0.3) is 0 Å². The molecule has 0 aromatic heterocycles. The summed E-state index contributed by atoms with van der Waals surface area (Å²) >= 11 is 0. The van der Waals surface area contributed by atoms with Gasteiger partial charge in [-0.1, -0.05) is 24.3 Å². The number of phenolic OH excluding ortho intramolecular Hbond substituents is 1. The van der Waals surface area contributed by atoms with Crippen molar-refractivity contribution < 1.29 is 13.5 Å². The van der Waals surface area contributed by atoms with Crippen molar-refractivity contribution in [1.29, 1.82) is 0 Å². The lowest BCUT2D eigenvalue weighted by Crippen LogP contribution is -2.38. The standard InChI is InChI=1S/C13H12N2O3S/c16-10-7-5-9(6-8-10)13-14-11-3-1-2-4-12(11)19(17,18)15-13/h1-8,13-16H/t13-/m0/s1. The number of hydrogen-bond donors (Lipinski definition) is 3. The fourth-order valence-corrected chi connectivity index (χ4v) is 3.35. The number of sulfonamides is 1. The number of anilines is 1. The summed E-state index contributed by atoms with van der Waals surface area (Å²) < 4.78 is 26.8. The van der Waals surface area contributed by atoms with Gasteiger partial charge in [-0.05, 0) is 29.8 Å². The van der Waals surface area contributed by atoms with Gasteiger partial charge in [-0.25, -0.2) is 8.42 Å². The van der Waals surface area contributed by atoms with Crippen LogP contribution in [0.4, 0.5) is 5.69 Å². The van der Waals surface area contributed by atoms with E-state index in [1.165, 1.54) is 12.1 Å². The van der Waals surface area contributed by atoms with Crippen molar-refractivity contribution in [3.8, 4) is 5.75 Å². The van der Waals surface area contributed by atoms with Crippen LogP contribution in [0.2, 0.25) is 0 Å². The van der Waals surface area contributed by atoms with Gasteiger partial charge >= 0.3 is 0 Å². The molecule has 19 heavy (non-hydrogen) atoms. The van der Waals surface area contributed by atoms with E-state index in [4.69, 9.17) is 0 Å². The average Bonchev–Trinajstić information content (AvgIpc) is 2.39. The third-order valence-corrected chi connectivity index (χ3v) is 4.46. The zero-order valence-electron chi connectivity index (χ0n) is 9.87. The van der Waals surface area contributed by atoms with Crippen molar-refractivity contribution in [3.05, 3.63) is 54.1 Å². The lowest BCUT2D eigenvalue weighted by molar-refractivity contribution is 0.475. The molecule has 5 nitrogen and oxygen atoms in total. The smallest absolute Gasteiger partial charge is 0.244 e. The second-order valence-electron chi connectivity index (χ2n) is 4.29. The second kappa shape index (κ2) is 4.25. The molecular weight excluding hydrogens is 264 g/mol. The van der Waals surface area contributed by atoms with E-state index in [-0.39, 0.29) is 10.6 Å². The van der Waals surface area contributed by atoms with Crippen molar-refractivity contribution in [1.82, 2.24) is 4.72 Å². The predicted octanol–water partition coefficient (Wildman–Crippen LogP) is 1.79. The molecule has 0 amide bonds. The van der Waals surface area contributed by atoms with Crippen molar-refractivity contribution in [2.45, 2.75) is 11.1 Å². The van der Waals surface area contributed by atoms with E-state index in [1.807, 2.05) is 0 Å². The SMILES string of the molecule is O=S1(=O)N[C@@H](c2ccc(O)cc2)Nc2ccccc21. The predicted molar refractivity (Wildman–Crippen MR) is 71.2 cm³/mol. The molecule has 0 fully saturated rings. The van der Waals surface area contributed by atoms with Crippen LogP contribution >= 0.6 is 0 Å². The Balaban J connectivity index is 2.03. The number of benzene rings is 2. The molecule has 3 N–H and O–H groups in total. The van der Waals surface area contributed by atoms with Crippen LogP contribution < -0.4 is 10.0 Å². The lowest BCUT2D eigenvalue weighted by atomic mass is 10.1. The van der Waals surface area contributed by atoms with E-state index in [2.05, 4.69) is 10.0 Å². The first kappa shape index (κ1) is 12.0. The van der Waals surface area contributed by atoms with Crippen LogP contribution in [0.15, 0.2) is 53.4 Å². The molecule has 0 bridgehead atoms. The molecule has 0 unspecified atom stereocenters. The highest BCUT2D eigenvalue weighted by Gasteiger charge is 2.29. The van der Waals surface area contributed by atoms with Crippen LogP contribution in [-0.2, 0) is 10.0 Å². The Morgan fingerprint density at radius 2 is 1.68 bits per heavy atom. The van der Waals surface area contributed by atoms with Crippen molar-refractivity contribution >= 4 is 15.7 Å². The summed E-state index contributed by atoms with van der Waals surface area (Å²) in [5, 5.41) is 12.4. The Morgan fingerprint density at radius 3 is 2.42 bits per heavy atom. The number of phenols is 1. The van der Waals surface area contributed by atoms with Gasteiger partial charge in [-0.3, -0.25) is 0 Å². The van der Waals surface area contributed by atoms with E-state index < -0.39 is 16.2 Å². The summed E-state index contributed by atoms with van der Waals surface area (Å²) in [7, 11) is -3.52. The molecule has 1 atom stereocenters. The quantitative estimate of drug-likeness (QED) is 0.742. The largest absolute Gasteiger partial charge is 0.508 e. The Labute approximate surface area is 111 Å². The van der Waals surface area contributed by atoms with Gasteiger partial charge in [-0.15, -0.1) is 0 Å². The van der Waals surface area contributed by atoms with E-state index >= 15 is 0 Å². The van der Waals surface area contributed by atoms with Crippen LogP contribution in [0.3, 0.4) is 0 Å². The van der Waals surface area contributed by atoms with Crippen LogP contribution in [0.5, 0.6) is 5.75 Å². The summed E-state index contributed by atoms with van der Waals surface area (Å²) in [6.07, 6.45) is -0.541. The van der Waals surface area contributed by atoms with Crippen molar-refractivity contribution in [3.63, 3.8) is 0 Å². The summed E-state index contributed by atoms with van der Waals surface area (Å²) in [6.45, 7) is 0. The molecule has 2 aromatic carbocycles. The summed E-state index contributed by atoms with van der Waals surface area (Å²) in [5.74, 6) is 0.141. The zero-order valence-corrected chi connectivity index (χ0v) is 10.7. The normalized spacial score (nSPS) is 20.3. The minimum Gasteiger partial charge on any atom is -0.508 e. The highest BCUT2D eigenvalue weighted by atomic mass is 32.2. The number of aromatic hydroxyl groups is 1. The van der Waals surface area contributed by atoms with E-state index in [0.29, 0.717) is 5.69 Å². The van der Waals surface area contributed by atoms with E-state index in [1.54, 1.807) is 36.4 Å². The van der Waals surface area contributed by atoms with E-state index in [9.17, 15) is 13.5 Å². The second-order valence-corrected chi connectivity index (χ2v) is 5.97. The number of nitrogens with one attached hydrogen (secondary N) is 2. The number of para-hydroxylation sites is 1. The molecule has 3 rings (SSSR count). The van der Waals surface area contributed by atoms with Gasteiger partial charge < -0.3 is 10.4 Å². The summed E-state index contributed by atoms with van der Waals surface area (Å²) in [4.78, 5) is 0.241. The molecule has 0 radical (unpaired) electrons. The molecule has 1 aliphatic rings. The topological polar surface area (TPSA) is 78.4 Å². The first-order chi connectivity index (χ1) is 9.06. The number of hydrogen-bond acceptors (Lipinski definition) is 4. The minimum atomic E-state index is -3.52. The monoisotopic (exact) mass is 276 g/mol. The molecule has 0 aliphatic carbocycles. The first-order valence-electron chi connectivity index (χ1n) is 5.73. The Hall–Kier alpha value is -2.05. The van der Waals surface area contributed by atoms with Crippen molar-refractivity contribution in [2.75, 3.05) is 5.32 Å². The van der Waals surface area contributed by atoms with Crippen LogP contribution in [-0.4, -0.2) is 13.5 Å². The van der Waals surface area contributed by atoms with E-state index in [0.717, 1.165) is 5.56 Å². The van der Waals surface area contributed by atoms with Crippen LogP contribution in [0.1, 0.15) is 11.7 Å². The molecule has 0 saturated heterocycles. The molecule has 2 aromatic rings. The maximum absolute atomic E-state index is 12.1. The molecule has 1 heterocycles. The Bertz CT molecular complexity index is 711. The Morgan fingerprint density at radius 1 is 1.00 bits per heavy atom. The molecule has 0 spiro atoms. The fraction of sp³-hybridized carbons (Fsp3) is 0.0769. The van der Waals surface area contributed by atoms with Gasteiger partial charge in [0.2, 0.25) is 10.0 Å². The third-order valence-electron chi connectivity index (χ3n) is 2.98. The molecule has 6 heteroatoms. The first-order valence-corrected chi connectivity index (χ1v) is 7.21. The number of fused-ring (bicyclic) bond motifs is 1. The van der Waals surface area contributed by atoms with Crippen LogP contribution in [0, 0.1) is 0 Å². The minimum absolute atomic E-state index is 0.141. The van der Waals surface area contributed by atoms with Gasteiger partial charge in [-0.2, -0.15) is 4.72 Å². The summed E-state index contributed by atoms with van der Waals surface area (Å²) in [5.41, 5.74) is 1.30. The Kier molecular flexibility index (Phi) is 2.69. The summed E-state index contributed by atoms with van der Waals surface area (Å²) in [6, 6.07) is 13.1. The zero-order chi connectivity index (χ0) is 13.5. The molecule has 98 valence electrons. The van der Waals surface area contributed by atoms with Crippen LogP contribution in [0.25, 0.3) is 0 Å². The van der Waals surface area contributed by atoms with Gasteiger partial charge in [0.05, 0.1) is 5.69 Å². The third kappa shape index (κ3) is 2.16. The molecular formula is C13H12N2O3S. The highest BCUT2D eigenvalue weighted by molar-refractivity contribution is 7.89. The van der Waals surface area contributed by atoms with Gasteiger partial charge in [0, 0.05) is 0 Å². The van der Waals surface area contributed by atoms with Crippen molar-refractivity contribution in [2.24, 2.45) is 0 Å². The highest BCUT2D eigenvalue weighted by Crippen LogP contribution is 2.30. The molecule has 0 saturated carbocycles. The maximum atomic E-state index is 12.1. The van der Waals surface area contributed by atoms with Gasteiger partial charge in [0.1, 0.15) is 16.8 Å². The van der Waals surface area contributed by atoms with Gasteiger partial charge in [0.15, 0.2) is 0 Å². The average molecular weight is 276 g/mol. The lowest BCUT2D eigenvalue weighted by Gasteiger charge is -2.28. The molecule has 1 aliphatic heterocycles.